The number of aromatic nitrogens is 1. The van der Waals surface area contributed by atoms with Gasteiger partial charge in [0, 0.05) is 12.6 Å². The van der Waals surface area contributed by atoms with Gasteiger partial charge in [-0.15, -0.1) is 0 Å². The first-order valence-electron chi connectivity index (χ1n) is 5.17. The Morgan fingerprint density at radius 3 is 2.67 bits per heavy atom. The van der Waals surface area contributed by atoms with Crippen LogP contribution in [0.1, 0.15) is 32.0 Å². The molecule has 1 heterocycles. The first-order chi connectivity index (χ1) is 7.08. The quantitative estimate of drug-likeness (QED) is 0.797. The third kappa shape index (κ3) is 2.72. The minimum Gasteiger partial charge on any atom is -0.386 e. The number of aromatic amines is 1. The van der Waals surface area contributed by atoms with Crippen molar-refractivity contribution >= 4 is 11.8 Å². The number of H-pyrrole nitrogens is 1. The average Bonchev–Trinajstić information content (AvgIpc) is 2.17. The van der Waals surface area contributed by atoms with Crippen LogP contribution in [-0.2, 0) is 6.42 Å². The molecule has 0 saturated heterocycles. The van der Waals surface area contributed by atoms with Crippen molar-refractivity contribution in [1.29, 1.82) is 0 Å². The van der Waals surface area contributed by atoms with Crippen molar-refractivity contribution in [2.24, 2.45) is 0 Å². The van der Waals surface area contributed by atoms with E-state index in [1.807, 2.05) is 40.0 Å². The molecule has 0 radical (unpaired) electrons. The van der Waals surface area contributed by atoms with Gasteiger partial charge in [-0.2, -0.15) is 0 Å². The maximum Gasteiger partial charge on any atom is 0.251 e. The van der Waals surface area contributed by atoms with E-state index < -0.39 is 0 Å². The Morgan fingerprint density at radius 1 is 1.53 bits per heavy atom. The number of rotatable bonds is 3. The second-order valence-corrected chi connectivity index (χ2v) is 3.78. The summed E-state index contributed by atoms with van der Waals surface area (Å²) in [5.74, 6) is 0. The molecule has 1 aromatic rings. The molecule has 15 heavy (non-hydrogen) atoms. The van der Waals surface area contributed by atoms with Crippen LogP contribution in [0.5, 0.6) is 0 Å². The summed E-state index contributed by atoms with van der Waals surface area (Å²) in [7, 11) is 1.86. The molecular weight excluding hydrogens is 188 g/mol. The van der Waals surface area contributed by atoms with Crippen molar-refractivity contribution in [3.8, 4) is 0 Å². The Balaban J connectivity index is 3.34. The van der Waals surface area contributed by atoms with Crippen molar-refractivity contribution in [3.05, 3.63) is 33.3 Å². The average molecular weight is 206 g/mol. The van der Waals surface area contributed by atoms with E-state index in [-0.39, 0.29) is 5.56 Å². The molecule has 3 nitrogen and oxygen atoms in total. The van der Waals surface area contributed by atoms with Gasteiger partial charge in [-0.1, -0.05) is 12.5 Å². The lowest BCUT2D eigenvalue weighted by Crippen LogP contribution is -2.14. The summed E-state index contributed by atoms with van der Waals surface area (Å²) in [6.45, 7) is 5.99. The van der Waals surface area contributed by atoms with Gasteiger partial charge in [0.1, 0.15) is 0 Å². The molecule has 3 heteroatoms. The third-order valence-electron chi connectivity index (χ3n) is 2.23. The van der Waals surface area contributed by atoms with Crippen molar-refractivity contribution in [3.63, 3.8) is 0 Å². The van der Waals surface area contributed by atoms with Crippen LogP contribution in [0.15, 0.2) is 16.4 Å². The van der Waals surface area contributed by atoms with Gasteiger partial charge in [0.25, 0.3) is 5.56 Å². The molecule has 1 aromatic heterocycles. The van der Waals surface area contributed by atoms with Crippen LogP contribution in [0.25, 0.3) is 6.08 Å². The van der Waals surface area contributed by atoms with Crippen LogP contribution < -0.4 is 10.9 Å². The summed E-state index contributed by atoms with van der Waals surface area (Å²) in [6.07, 6.45) is 2.71. The summed E-state index contributed by atoms with van der Waals surface area (Å²) < 4.78 is 0. The van der Waals surface area contributed by atoms with E-state index in [9.17, 15) is 4.79 Å². The van der Waals surface area contributed by atoms with Crippen molar-refractivity contribution in [1.82, 2.24) is 4.98 Å². The molecule has 0 aliphatic heterocycles. The van der Waals surface area contributed by atoms with E-state index in [1.54, 1.807) is 0 Å². The maximum atomic E-state index is 11.6. The Labute approximate surface area is 90.2 Å². The molecule has 0 bridgehead atoms. The van der Waals surface area contributed by atoms with E-state index in [4.69, 9.17) is 0 Å². The Bertz CT molecular complexity index is 426. The van der Waals surface area contributed by atoms with Crippen molar-refractivity contribution < 1.29 is 0 Å². The zero-order valence-electron chi connectivity index (χ0n) is 9.77. The molecule has 0 aromatic carbocycles. The molecule has 0 unspecified atom stereocenters. The number of hydrogen-bond donors (Lipinski definition) is 2. The molecule has 0 fully saturated rings. The number of anilines is 1. The summed E-state index contributed by atoms with van der Waals surface area (Å²) in [5.41, 5.74) is 3.79. The minimum absolute atomic E-state index is 0.00370. The van der Waals surface area contributed by atoms with Gasteiger partial charge in [0.05, 0.1) is 11.4 Å². The fraction of sp³-hybridized carbons (Fsp3) is 0.417. The summed E-state index contributed by atoms with van der Waals surface area (Å²) in [4.78, 5) is 14.5. The first kappa shape index (κ1) is 11.6. The fourth-order valence-corrected chi connectivity index (χ4v) is 1.46. The van der Waals surface area contributed by atoms with Crippen LogP contribution >= 0.6 is 0 Å². The molecule has 0 atom stereocenters. The number of aryl methyl sites for hydroxylation is 1. The standard InChI is InChI=1S/C12H18N2O/c1-5-9-7-10(13-4)11(6-8(2)3)14-12(9)15/h6-7,13H,5H2,1-4H3,(H,14,15). The lowest BCUT2D eigenvalue weighted by Gasteiger charge is -2.07. The normalized spacial score (nSPS) is 9.87. The highest BCUT2D eigenvalue weighted by molar-refractivity contribution is 5.64. The second-order valence-electron chi connectivity index (χ2n) is 3.78. The number of pyridine rings is 1. The highest BCUT2D eigenvalue weighted by Gasteiger charge is 2.04. The maximum absolute atomic E-state index is 11.6. The number of hydrogen-bond acceptors (Lipinski definition) is 2. The minimum atomic E-state index is 0.00370. The fourth-order valence-electron chi connectivity index (χ4n) is 1.46. The molecule has 0 saturated carbocycles. The van der Waals surface area contributed by atoms with Gasteiger partial charge in [-0.25, -0.2) is 0 Å². The predicted octanol–water partition coefficient (Wildman–Crippen LogP) is 2.40. The third-order valence-corrected chi connectivity index (χ3v) is 2.23. The van der Waals surface area contributed by atoms with Gasteiger partial charge >= 0.3 is 0 Å². The van der Waals surface area contributed by atoms with E-state index in [0.717, 1.165) is 28.9 Å². The summed E-state index contributed by atoms with van der Waals surface area (Å²) in [6, 6.07) is 1.91. The smallest absolute Gasteiger partial charge is 0.251 e. The van der Waals surface area contributed by atoms with Crippen molar-refractivity contribution in [2.75, 3.05) is 12.4 Å². The zero-order chi connectivity index (χ0) is 11.4. The van der Waals surface area contributed by atoms with Crippen LogP contribution in [0, 0.1) is 0 Å². The molecule has 0 aliphatic carbocycles. The van der Waals surface area contributed by atoms with E-state index in [1.165, 1.54) is 0 Å². The SMILES string of the molecule is CCc1cc(NC)c(C=C(C)C)[nH]c1=O. The molecule has 1 rings (SSSR count). The van der Waals surface area contributed by atoms with Crippen molar-refractivity contribution in [2.45, 2.75) is 27.2 Å². The number of allylic oxidation sites excluding steroid dienone is 1. The largest absolute Gasteiger partial charge is 0.386 e. The Kier molecular flexibility index (Phi) is 3.72. The monoisotopic (exact) mass is 206 g/mol. The molecule has 0 aliphatic rings. The lowest BCUT2D eigenvalue weighted by atomic mass is 10.1. The van der Waals surface area contributed by atoms with Crippen LogP contribution in [0.3, 0.4) is 0 Å². The van der Waals surface area contributed by atoms with Crippen LogP contribution in [-0.4, -0.2) is 12.0 Å². The second kappa shape index (κ2) is 4.82. The van der Waals surface area contributed by atoms with Crippen LogP contribution in [0.4, 0.5) is 5.69 Å². The van der Waals surface area contributed by atoms with Gasteiger partial charge in [-0.05, 0) is 32.4 Å². The van der Waals surface area contributed by atoms with Crippen LogP contribution in [0.2, 0.25) is 0 Å². The van der Waals surface area contributed by atoms with E-state index in [2.05, 4.69) is 10.3 Å². The number of nitrogens with one attached hydrogen (secondary N) is 2. The Morgan fingerprint density at radius 2 is 2.20 bits per heavy atom. The molecule has 82 valence electrons. The summed E-state index contributed by atoms with van der Waals surface area (Å²) in [5, 5.41) is 3.09. The van der Waals surface area contributed by atoms with Gasteiger partial charge in [0.2, 0.25) is 0 Å². The summed E-state index contributed by atoms with van der Waals surface area (Å²) >= 11 is 0. The highest BCUT2D eigenvalue weighted by atomic mass is 16.1. The molecule has 0 spiro atoms. The van der Waals surface area contributed by atoms with E-state index >= 15 is 0 Å². The Hall–Kier alpha value is -1.51. The van der Waals surface area contributed by atoms with Gasteiger partial charge in [0.15, 0.2) is 0 Å². The molecular formula is C12H18N2O. The molecule has 0 amide bonds. The lowest BCUT2D eigenvalue weighted by molar-refractivity contribution is 1.05. The molecule has 2 N–H and O–H groups in total. The predicted molar refractivity (Wildman–Crippen MR) is 65.3 cm³/mol. The highest BCUT2D eigenvalue weighted by Crippen LogP contribution is 2.15. The van der Waals surface area contributed by atoms with E-state index in [0.29, 0.717) is 0 Å². The van der Waals surface area contributed by atoms with Gasteiger partial charge in [-0.3, -0.25) is 4.79 Å². The topological polar surface area (TPSA) is 44.9 Å². The van der Waals surface area contributed by atoms with Gasteiger partial charge < -0.3 is 10.3 Å². The zero-order valence-corrected chi connectivity index (χ0v) is 9.77. The first-order valence-corrected chi connectivity index (χ1v) is 5.17.